The van der Waals surface area contributed by atoms with Gasteiger partial charge in [-0.15, -0.1) is 11.3 Å². The minimum atomic E-state index is 0.123. The summed E-state index contributed by atoms with van der Waals surface area (Å²) >= 11 is 1.36. The molecule has 0 unspecified atom stereocenters. The molecule has 2 aromatic rings. The largest absolute Gasteiger partial charge is 0.504 e. The van der Waals surface area contributed by atoms with E-state index < -0.39 is 0 Å². The number of nitrogens with two attached hydrogens (primary N) is 1. The lowest BCUT2D eigenvalue weighted by atomic mass is 10.2. The van der Waals surface area contributed by atoms with Crippen molar-refractivity contribution in [2.45, 2.75) is 0 Å². The first-order valence-electron chi connectivity index (χ1n) is 3.78. The van der Waals surface area contributed by atoms with E-state index in [1.165, 1.54) is 11.3 Å². The number of hydrogen-bond acceptors (Lipinski definition) is 4. The lowest BCUT2D eigenvalue weighted by Gasteiger charge is -2.00. The highest BCUT2D eigenvalue weighted by Gasteiger charge is 2.12. The molecule has 68 valence electrons. The van der Waals surface area contributed by atoms with Crippen LogP contribution in [0.4, 0.5) is 5.00 Å². The van der Waals surface area contributed by atoms with Crippen LogP contribution in [0, 0.1) is 0 Å². The summed E-state index contributed by atoms with van der Waals surface area (Å²) in [6.07, 6.45) is 0. The molecule has 2 rings (SSSR count). The fraction of sp³-hybridized carbons (Fsp3) is 0.111. The Hall–Kier alpha value is -1.42. The summed E-state index contributed by atoms with van der Waals surface area (Å²) in [7, 11) is 1.57. The quantitative estimate of drug-likeness (QED) is 0.733. The van der Waals surface area contributed by atoms with Crippen molar-refractivity contribution in [1.29, 1.82) is 0 Å². The highest BCUT2D eigenvalue weighted by molar-refractivity contribution is 7.23. The minimum Gasteiger partial charge on any atom is -0.504 e. The number of rotatable bonds is 1. The second kappa shape index (κ2) is 2.81. The average Bonchev–Trinajstić information content (AvgIpc) is 2.43. The van der Waals surface area contributed by atoms with Crippen molar-refractivity contribution in [2.75, 3.05) is 12.8 Å². The molecule has 1 aromatic heterocycles. The molecule has 0 aliphatic heterocycles. The molecule has 1 aromatic carbocycles. The van der Waals surface area contributed by atoms with Gasteiger partial charge in [-0.25, -0.2) is 0 Å². The lowest BCUT2D eigenvalue weighted by Crippen LogP contribution is -1.82. The molecule has 3 nitrogen and oxygen atoms in total. The van der Waals surface area contributed by atoms with Crippen molar-refractivity contribution in [3.8, 4) is 11.5 Å². The predicted octanol–water partition coefficient (Wildman–Crippen LogP) is 2.20. The molecule has 0 aliphatic rings. The molecule has 0 atom stereocenters. The van der Waals surface area contributed by atoms with Crippen LogP contribution < -0.4 is 10.5 Å². The Bertz CT molecular complexity index is 450. The van der Waals surface area contributed by atoms with E-state index in [1.807, 2.05) is 12.1 Å². The maximum absolute atomic E-state index is 9.62. The summed E-state index contributed by atoms with van der Waals surface area (Å²) in [5, 5.41) is 10.7. The van der Waals surface area contributed by atoms with Gasteiger partial charge in [0.25, 0.3) is 0 Å². The van der Waals surface area contributed by atoms with Crippen LogP contribution in [-0.4, -0.2) is 12.2 Å². The average molecular weight is 195 g/mol. The number of aromatic hydroxyl groups is 1. The zero-order chi connectivity index (χ0) is 9.42. The fourth-order valence-corrected chi connectivity index (χ4v) is 2.17. The molecule has 0 saturated heterocycles. The smallest absolute Gasteiger partial charge is 0.161 e. The van der Waals surface area contributed by atoms with Gasteiger partial charge in [0.05, 0.1) is 12.5 Å². The van der Waals surface area contributed by atoms with Crippen molar-refractivity contribution in [3.63, 3.8) is 0 Å². The molecule has 0 saturated carbocycles. The SMILES string of the molecule is COc1cccc2sc(N)c(O)c12. The van der Waals surface area contributed by atoms with E-state index in [-0.39, 0.29) is 5.75 Å². The zero-order valence-electron chi connectivity index (χ0n) is 7.07. The monoisotopic (exact) mass is 195 g/mol. The molecule has 0 aliphatic carbocycles. The van der Waals surface area contributed by atoms with E-state index in [2.05, 4.69) is 0 Å². The molecular formula is C9H9NO2S. The Morgan fingerprint density at radius 2 is 2.23 bits per heavy atom. The van der Waals surface area contributed by atoms with Crippen molar-refractivity contribution in [2.24, 2.45) is 0 Å². The van der Waals surface area contributed by atoms with Crippen LogP contribution in [0.25, 0.3) is 10.1 Å². The van der Waals surface area contributed by atoms with Gasteiger partial charge < -0.3 is 15.6 Å². The van der Waals surface area contributed by atoms with Gasteiger partial charge in [0.2, 0.25) is 0 Å². The topological polar surface area (TPSA) is 55.5 Å². The number of ether oxygens (including phenoxy) is 1. The predicted molar refractivity (Wildman–Crippen MR) is 54.5 cm³/mol. The number of hydrogen-bond donors (Lipinski definition) is 2. The summed E-state index contributed by atoms with van der Waals surface area (Å²) in [6.45, 7) is 0. The Balaban J connectivity index is 2.87. The number of thiophene rings is 1. The van der Waals surface area contributed by atoms with Gasteiger partial charge in [0.15, 0.2) is 5.75 Å². The first-order valence-corrected chi connectivity index (χ1v) is 4.59. The van der Waals surface area contributed by atoms with Crippen LogP contribution in [0.1, 0.15) is 0 Å². The number of nitrogen functional groups attached to an aromatic ring is 1. The summed E-state index contributed by atoms with van der Waals surface area (Å²) < 4.78 is 6.05. The molecular weight excluding hydrogens is 186 g/mol. The van der Waals surface area contributed by atoms with Crippen LogP contribution in [0.2, 0.25) is 0 Å². The van der Waals surface area contributed by atoms with Crippen LogP contribution in [-0.2, 0) is 0 Å². The standard InChI is InChI=1S/C9H9NO2S/c1-12-5-3-2-4-6-7(5)8(11)9(10)13-6/h2-4,11H,10H2,1H3. The molecule has 0 bridgehead atoms. The third-order valence-electron chi connectivity index (χ3n) is 1.90. The highest BCUT2D eigenvalue weighted by atomic mass is 32.1. The zero-order valence-corrected chi connectivity index (χ0v) is 7.89. The van der Waals surface area contributed by atoms with E-state index in [9.17, 15) is 5.11 Å². The van der Waals surface area contributed by atoms with Crippen molar-refractivity contribution >= 4 is 26.4 Å². The van der Waals surface area contributed by atoms with E-state index in [0.29, 0.717) is 16.1 Å². The Labute approximate surface area is 79.4 Å². The second-order valence-electron chi connectivity index (χ2n) is 2.65. The lowest BCUT2D eigenvalue weighted by molar-refractivity contribution is 0.416. The van der Waals surface area contributed by atoms with E-state index >= 15 is 0 Å². The Kier molecular flexibility index (Phi) is 1.77. The highest BCUT2D eigenvalue weighted by Crippen LogP contribution is 2.43. The Morgan fingerprint density at radius 1 is 1.46 bits per heavy atom. The third-order valence-corrected chi connectivity index (χ3v) is 2.87. The van der Waals surface area contributed by atoms with Crippen molar-refractivity contribution < 1.29 is 9.84 Å². The summed E-state index contributed by atoms with van der Waals surface area (Å²) in [6, 6.07) is 5.57. The molecule has 0 radical (unpaired) electrons. The van der Waals surface area contributed by atoms with Gasteiger partial charge in [-0.3, -0.25) is 0 Å². The first-order chi connectivity index (χ1) is 6.24. The van der Waals surface area contributed by atoms with Crippen LogP contribution in [0.3, 0.4) is 0 Å². The van der Waals surface area contributed by atoms with Gasteiger partial charge in [-0.05, 0) is 12.1 Å². The third kappa shape index (κ3) is 1.10. The fourth-order valence-electron chi connectivity index (χ4n) is 1.29. The maximum Gasteiger partial charge on any atom is 0.161 e. The van der Waals surface area contributed by atoms with Crippen LogP contribution in [0.5, 0.6) is 11.5 Å². The van der Waals surface area contributed by atoms with Gasteiger partial charge in [0.1, 0.15) is 10.8 Å². The van der Waals surface area contributed by atoms with Crippen molar-refractivity contribution in [3.05, 3.63) is 18.2 Å². The number of benzene rings is 1. The second-order valence-corrected chi connectivity index (χ2v) is 3.73. The summed E-state index contributed by atoms with van der Waals surface area (Å²) in [5.41, 5.74) is 5.59. The summed E-state index contributed by atoms with van der Waals surface area (Å²) in [4.78, 5) is 0. The van der Waals surface area contributed by atoms with Gasteiger partial charge in [-0.1, -0.05) is 6.07 Å². The van der Waals surface area contributed by atoms with Gasteiger partial charge >= 0.3 is 0 Å². The Morgan fingerprint density at radius 3 is 2.92 bits per heavy atom. The molecule has 1 heterocycles. The summed E-state index contributed by atoms with van der Waals surface area (Å²) in [5.74, 6) is 0.778. The van der Waals surface area contributed by atoms with E-state index in [1.54, 1.807) is 13.2 Å². The van der Waals surface area contributed by atoms with E-state index in [4.69, 9.17) is 10.5 Å². The molecule has 0 amide bonds. The van der Waals surface area contributed by atoms with Crippen molar-refractivity contribution in [1.82, 2.24) is 0 Å². The van der Waals surface area contributed by atoms with Gasteiger partial charge in [-0.2, -0.15) is 0 Å². The number of methoxy groups -OCH3 is 1. The normalized spacial score (nSPS) is 10.5. The number of fused-ring (bicyclic) bond motifs is 1. The molecule has 13 heavy (non-hydrogen) atoms. The molecule has 0 fully saturated rings. The van der Waals surface area contributed by atoms with Crippen LogP contribution in [0.15, 0.2) is 18.2 Å². The number of anilines is 1. The molecule has 0 spiro atoms. The maximum atomic E-state index is 9.62. The first kappa shape index (κ1) is 8.19. The van der Waals surface area contributed by atoms with Gasteiger partial charge in [0, 0.05) is 4.70 Å². The molecule has 3 N–H and O–H groups in total. The van der Waals surface area contributed by atoms with E-state index in [0.717, 1.165) is 4.70 Å². The molecule has 4 heteroatoms. The minimum absolute atomic E-state index is 0.123. The van der Waals surface area contributed by atoms with Crippen LogP contribution >= 0.6 is 11.3 Å².